The molecule has 8 nitrogen and oxygen atoms in total. The second-order valence-electron chi connectivity index (χ2n) is 8.12. The number of carbonyl (C=O) groups excluding carboxylic acids is 1. The number of methoxy groups -OCH3 is 1. The summed E-state index contributed by atoms with van der Waals surface area (Å²) >= 11 is 0. The summed E-state index contributed by atoms with van der Waals surface area (Å²) in [4.78, 5) is 21.3. The third-order valence-electron chi connectivity index (χ3n) is 5.06. The van der Waals surface area contributed by atoms with Crippen LogP contribution < -0.4 is 10.6 Å². The molecule has 2 heterocycles. The van der Waals surface area contributed by atoms with E-state index in [1.165, 1.54) is 6.20 Å². The van der Waals surface area contributed by atoms with Crippen molar-refractivity contribution in [1.29, 1.82) is 5.26 Å². The number of aliphatic hydroxyl groups is 1. The van der Waals surface area contributed by atoms with E-state index in [-0.39, 0.29) is 5.91 Å². The first-order chi connectivity index (χ1) is 15.7. The number of nitriles is 1. The normalized spacial score (nSPS) is 11.0. The number of carbonyl (C=O) groups is 1. The molecule has 0 spiro atoms. The summed E-state index contributed by atoms with van der Waals surface area (Å²) in [6.45, 7) is 6.23. The highest BCUT2D eigenvalue weighted by Gasteiger charge is 2.19. The monoisotopic (exact) mass is 445 g/mol. The maximum Gasteiger partial charge on any atom is 0.255 e. The summed E-state index contributed by atoms with van der Waals surface area (Å²) in [6, 6.07) is 12.7. The molecule has 0 saturated heterocycles. The third-order valence-corrected chi connectivity index (χ3v) is 5.06. The fourth-order valence-corrected chi connectivity index (χ4v) is 3.23. The summed E-state index contributed by atoms with van der Waals surface area (Å²) in [5.74, 6) is 0.187. The van der Waals surface area contributed by atoms with Gasteiger partial charge in [0.2, 0.25) is 0 Å². The largest absolute Gasteiger partial charge is 0.384 e. The molecule has 8 heteroatoms. The van der Waals surface area contributed by atoms with Crippen LogP contribution in [0.1, 0.15) is 41.0 Å². The lowest BCUT2D eigenvalue weighted by molar-refractivity contribution is 0.0737. The van der Waals surface area contributed by atoms with E-state index in [1.54, 1.807) is 45.4 Å². The molecule has 1 amide bonds. The zero-order chi connectivity index (χ0) is 24.0. The molecular formula is C25H27N5O3. The maximum atomic E-state index is 12.8. The number of rotatable bonds is 8. The van der Waals surface area contributed by atoms with Gasteiger partial charge < -0.3 is 20.5 Å². The molecule has 0 radical (unpaired) electrons. The molecule has 0 aliphatic heterocycles. The molecule has 0 aliphatic rings. The van der Waals surface area contributed by atoms with Gasteiger partial charge in [0.05, 0.1) is 17.9 Å². The van der Waals surface area contributed by atoms with Gasteiger partial charge in [-0.2, -0.15) is 5.26 Å². The molecule has 0 aliphatic carbocycles. The van der Waals surface area contributed by atoms with Crippen molar-refractivity contribution in [1.82, 2.24) is 9.97 Å². The Balaban J connectivity index is 1.86. The second kappa shape index (κ2) is 10.2. The average molecular weight is 446 g/mol. The van der Waals surface area contributed by atoms with E-state index in [9.17, 15) is 15.2 Å². The second-order valence-corrected chi connectivity index (χ2v) is 8.12. The first kappa shape index (κ1) is 23.9. The van der Waals surface area contributed by atoms with E-state index in [2.05, 4.69) is 26.7 Å². The first-order valence-electron chi connectivity index (χ1n) is 10.5. The number of aryl methyl sites for hydroxylation is 1. The highest BCUT2D eigenvalue weighted by Crippen LogP contribution is 2.29. The van der Waals surface area contributed by atoms with Crippen LogP contribution in [0.2, 0.25) is 0 Å². The van der Waals surface area contributed by atoms with Crippen molar-refractivity contribution in [2.75, 3.05) is 30.9 Å². The van der Waals surface area contributed by atoms with Crippen molar-refractivity contribution in [3.8, 4) is 17.2 Å². The van der Waals surface area contributed by atoms with Gasteiger partial charge in [-0.25, -0.2) is 4.98 Å². The van der Waals surface area contributed by atoms with Gasteiger partial charge in [0.25, 0.3) is 5.91 Å². The van der Waals surface area contributed by atoms with E-state index in [0.717, 1.165) is 16.7 Å². The number of aromatic nitrogens is 2. The highest BCUT2D eigenvalue weighted by molar-refractivity contribution is 6.04. The van der Waals surface area contributed by atoms with Crippen LogP contribution in [0.4, 0.5) is 11.5 Å². The number of benzene rings is 1. The summed E-state index contributed by atoms with van der Waals surface area (Å²) in [5.41, 5.74) is 3.28. The summed E-state index contributed by atoms with van der Waals surface area (Å²) < 4.78 is 5.02. The zero-order valence-corrected chi connectivity index (χ0v) is 19.1. The van der Waals surface area contributed by atoms with E-state index < -0.39 is 5.60 Å². The fraction of sp³-hybridized carbons (Fsp3) is 0.280. The molecule has 3 aromatic rings. The number of amides is 1. The van der Waals surface area contributed by atoms with Gasteiger partial charge in [0.1, 0.15) is 17.5 Å². The Bertz CT molecular complexity index is 1200. The average Bonchev–Trinajstić information content (AvgIpc) is 2.80. The first-order valence-corrected chi connectivity index (χ1v) is 10.5. The summed E-state index contributed by atoms with van der Waals surface area (Å²) in [5, 5.41) is 25.7. The topological polar surface area (TPSA) is 120 Å². The number of hydrogen-bond donors (Lipinski definition) is 3. The molecule has 0 unspecified atom stereocenters. The quantitative estimate of drug-likeness (QED) is 0.450. The van der Waals surface area contributed by atoms with E-state index in [4.69, 9.17) is 4.74 Å². The van der Waals surface area contributed by atoms with Crippen LogP contribution in [0.5, 0.6) is 0 Å². The van der Waals surface area contributed by atoms with E-state index in [1.807, 2.05) is 25.1 Å². The van der Waals surface area contributed by atoms with Crippen molar-refractivity contribution in [3.63, 3.8) is 0 Å². The predicted octanol–water partition coefficient (Wildman–Crippen LogP) is 3.86. The Kier molecular flexibility index (Phi) is 7.38. The minimum Gasteiger partial charge on any atom is -0.384 e. The maximum absolute atomic E-state index is 12.8. The summed E-state index contributed by atoms with van der Waals surface area (Å²) in [6.07, 6.45) is 3.20. The number of nitrogens with zero attached hydrogens (tertiary/aromatic N) is 3. The molecule has 170 valence electrons. The van der Waals surface area contributed by atoms with Gasteiger partial charge in [-0.1, -0.05) is 6.07 Å². The molecule has 1 aromatic carbocycles. The number of hydrogen-bond acceptors (Lipinski definition) is 7. The van der Waals surface area contributed by atoms with Gasteiger partial charge in [0.15, 0.2) is 0 Å². The molecule has 0 fully saturated rings. The van der Waals surface area contributed by atoms with Crippen LogP contribution in [-0.2, 0) is 10.3 Å². The van der Waals surface area contributed by atoms with Crippen LogP contribution in [0.15, 0.2) is 48.8 Å². The SMILES string of the molecule is COCCNc1ncc(-c2cc(NC(=O)c3ccnc(C(C)(C)O)c3)ccc2C)cc1C#N. The van der Waals surface area contributed by atoms with Crippen LogP contribution in [0.25, 0.3) is 11.1 Å². The summed E-state index contributed by atoms with van der Waals surface area (Å²) in [7, 11) is 1.61. The van der Waals surface area contributed by atoms with Gasteiger partial charge >= 0.3 is 0 Å². The van der Waals surface area contributed by atoms with Crippen molar-refractivity contribution in [2.24, 2.45) is 0 Å². The lowest BCUT2D eigenvalue weighted by Crippen LogP contribution is -2.19. The third kappa shape index (κ3) is 5.92. The minimum absolute atomic E-state index is 0.314. The number of pyridine rings is 2. The van der Waals surface area contributed by atoms with Crippen molar-refractivity contribution in [3.05, 3.63) is 71.2 Å². The lowest BCUT2D eigenvalue weighted by atomic mass is 9.99. The van der Waals surface area contributed by atoms with E-state index in [0.29, 0.717) is 41.5 Å². The molecular weight excluding hydrogens is 418 g/mol. The van der Waals surface area contributed by atoms with Crippen LogP contribution in [0.3, 0.4) is 0 Å². The van der Waals surface area contributed by atoms with Crippen LogP contribution in [0, 0.1) is 18.3 Å². The van der Waals surface area contributed by atoms with Crippen molar-refractivity contribution < 1.29 is 14.6 Å². The van der Waals surface area contributed by atoms with Gasteiger partial charge in [0, 0.05) is 42.9 Å². The van der Waals surface area contributed by atoms with Crippen LogP contribution >= 0.6 is 0 Å². The number of ether oxygens (including phenoxy) is 1. The number of nitrogens with one attached hydrogen (secondary N) is 2. The standard InChI is InChI=1S/C25H27N5O3/c1-16-5-6-20(30-24(31)17-7-8-27-22(12-17)25(2,3)32)13-21(16)19-11-18(14-26)23(29-15-19)28-9-10-33-4/h5-8,11-13,15,32H,9-10H2,1-4H3,(H,28,29)(H,30,31). The minimum atomic E-state index is -1.15. The lowest BCUT2D eigenvalue weighted by Gasteiger charge is -2.17. The Labute approximate surface area is 193 Å². The molecule has 2 aromatic heterocycles. The van der Waals surface area contributed by atoms with Crippen molar-refractivity contribution in [2.45, 2.75) is 26.4 Å². The molecule has 0 atom stereocenters. The zero-order valence-electron chi connectivity index (χ0n) is 19.1. The molecule has 3 rings (SSSR count). The smallest absolute Gasteiger partial charge is 0.255 e. The Hall–Kier alpha value is -3.80. The molecule has 3 N–H and O–H groups in total. The number of anilines is 2. The predicted molar refractivity (Wildman–Crippen MR) is 127 cm³/mol. The van der Waals surface area contributed by atoms with Gasteiger partial charge in [-0.05, 0) is 62.2 Å². The van der Waals surface area contributed by atoms with Crippen LogP contribution in [-0.4, -0.2) is 41.2 Å². The molecule has 33 heavy (non-hydrogen) atoms. The molecule has 0 saturated carbocycles. The fourth-order valence-electron chi connectivity index (χ4n) is 3.23. The van der Waals surface area contributed by atoms with Gasteiger partial charge in [-0.3, -0.25) is 9.78 Å². The van der Waals surface area contributed by atoms with Crippen molar-refractivity contribution >= 4 is 17.4 Å². The van der Waals surface area contributed by atoms with Gasteiger partial charge in [-0.15, -0.1) is 0 Å². The Morgan fingerprint density at radius 2 is 2.00 bits per heavy atom. The Morgan fingerprint density at radius 1 is 1.21 bits per heavy atom. The Morgan fingerprint density at radius 3 is 2.70 bits per heavy atom. The highest BCUT2D eigenvalue weighted by atomic mass is 16.5. The molecule has 0 bridgehead atoms. The van der Waals surface area contributed by atoms with E-state index >= 15 is 0 Å².